The monoisotopic (exact) mass is 257 g/mol. The van der Waals surface area contributed by atoms with Gasteiger partial charge in [-0.3, -0.25) is 0 Å². The predicted octanol–water partition coefficient (Wildman–Crippen LogP) is 2.45. The summed E-state index contributed by atoms with van der Waals surface area (Å²) in [6, 6.07) is 10.3. The fourth-order valence-electron chi connectivity index (χ4n) is 2.77. The highest BCUT2D eigenvalue weighted by Crippen LogP contribution is 2.56. The zero-order chi connectivity index (χ0) is 13.3. The summed E-state index contributed by atoms with van der Waals surface area (Å²) in [7, 11) is 0. The van der Waals surface area contributed by atoms with Crippen molar-refractivity contribution in [2.75, 3.05) is 0 Å². The lowest BCUT2D eigenvalue weighted by molar-refractivity contribution is 0.122. The molecule has 0 saturated heterocycles. The zero-order valence-electron chi connectivity index (χ0n) is 11.2. The Bertz CT molecular complexity index is 546. The quantitative estimate of drug-likeness (QED) is 0.895. The molecule has 4 heteroatoms. The molecule has 1 aromatic heterocycles. The van der Waals surface area contributed by atoms with Crippen LogP contribution in [-0.2, 0) is 12.0 Å². The summed E-state index contributed by atoms with van der Waals surface area (Å²) >= 11 is 0. The SMILES string of the molecule is CCCn1nncc1C(O)C1(c2ccccc2)CC1. The van der Waals surface area contributed by atoms with E-state index >= 15 is 0 Å². The molecular formula is C15H19N3O. The van der Waals surface area contributed by atoms with Gasteiger partial charge in [-0.1, -0.05) is 42.5 Å². The summed E-state index contributed by atoms with van der Waals surface area (Å²) in [6.45, 7) is 2.90. The summed E-state index contributed by atoms with van der Waals surface area (Å²) in [5.41, 5.74) is 1.92. The van der Waals surface area contributed by atoms with E-state index in [9.17, 15) is 5.11 Å². The van der Waals surface area contributed by atoms with E-state index in [0.29, 0.717) is 0 Å². The average molecular weight is 257 g/mol. The number of aryl methyl sites for hydroxylation is 1. The van der Waals surface area contributed by atoms with E-state index in [1.165, 1.54) is 5.56 Å². The number of aliphatic hydroxyl groups is 1. The van der Waals surface area contributed by atoms with Crippen molar-refractivity contribution in [2.24, 2.45) is 0 Å². The van der Waals surface area contributed by atoms with Crippen molar-refractivity contribution in [3.63, 3.8) is 0 Å². The second-order valence-electron chi connectivity index (χ2n) is 5.31. The van der Waals surface area contributed by atoms with Crippen LogP contribution < -0.4 is 0 Å². The molecule has 3 rings (SSSR count). The molecule has 0 radical (unpaired) electrons. The molecule has 1 saturated carbocycles. The Morgan fingerprint density at radius 3 is 2.68 bits per heavy atom. The van der Waals surface area contributed by atoms with Gasteiger partial charge in [0.15, 0.2) is 0 Å². The van der Waals surface area contributed by atoms with Gasteiger partial charge in [-0.15, -0.1) is 5.10 Å². The number of hydrogen-bond donors (Lipinski definition) is 1. The van der Waals surface area contributed by atoms with Crippen LogP contribution >= 0.6 is 0 Å². The van der Waals surface area contributed by atoms with Crippen LogP contribution in [0.1, 0.15) is 43.5 Å². The van der Waals surface area contributed by atoms with Crippen molar-refractivity contribution in [1.82, 2.24) is 15.0 Å². The Morgan fingerprint density at radius 1 is 1.32 bits per heavy atom. The van der Waals surface area contributed by atoms with Crippen molar-refractivity contribution in [3.8, 4) is 0 Å². The second kappa shape index (κ2) is 4.78. The van der Waals surface area contributed by atoms with Crippen LogP contribution in [0.5, 0.6) is 0 Å². The minimum absolute atomic E-state index is 0.130. The zero-order valence-corrected chi connectivity index (χ0v) is 11.2. The fourth-order valence-corrected chi connectivity index (χ4v) is 2.77. The predicted molar refractivity (Wildman–Crippen MR) is 72.6 cm³/mol. The van der Waals surface area contributed by atoms with Crippen LogP contribution in [0.15, 0.2) is 36.5 Å². The molecular weight excluding hydrogens is 238 g/mol. The summed E-state index contributed by atoms with van der Waals surface area (Å²) < 4.78 is 1.83. The number of rotatable bonds is 5. The largest absolute Gasteiger partial charge is 0.386 e. The first-order chi connectivity index (χ1) is 9.28. The maximum absolute atomic E-state index is 10.8. The van der Waals surface area contributed by atoms with E-state index in [4.69, 9.17) is 0 Å². The lowest BCUT2D eigenvalue weighted by Crippen LogP contribution is -2.21. The number of nitrogens with zero attached hydrogens (tertiary/aromatic N) is 3. The first kappa shape index (κ1) is 12.4. The highest BCUT2D eigenvalue weighted by atomic mass is 16.3. The second-order valence-corrected chi connectivity index (χ2v) is 5.31. The summed E-state index contributed by atoms with van der Waals surface area (Å²) in [5, 5.41) is 18.8. The van der Waals surface area contributed by atoms with E-state index in [0.717, 1.165) is 31.5 Å². The molecule has 0 amide bonds. The maximum atomic E-state index is 10.8. The third-order valence-electron chi connectivity index (χ3n) is 4.02. The lowest BCUT2D eigenvalue weighted by atomic mass is 9.88. The van der Waals surface area contributed by atoms with E-state index in [2.05, 4.69) is 29.4 Å². The first-order valence-corrected chi connectivity index (χ1v) is 6.90. The Hall–Kier alpha value is -1.68. The highest BCUT2D eigenvalue weighted by molar-refractivity contribution is 5.35. The molecule has 1 N–H and O–H groups in total. The Labute approximate surface area is 113 Å². The van der Waals surface area contributed by atoms with Crippen LogP contribution in [-0.4, -0.2) is 20.1 Å². The van der Waals surface area contributed by atoms with E-state index < -0.39 is 6.10 Å². The van der Waals surface area contributed by atoms with Gasteiger partial charge >= 0.3 is 0 Å². The Kier molecular flexibility index (Phi) is 3.11. The molecule has 4 nitrogen and oxygen atoms in total. The minimum atomic E-state index is -0.517. The van der Waals surface area contributed by atoms with Gasteiger partial charge in [-0.2, -0.15) is 0 Å². The number of aliphatic hydroxyl groups excluding tert-OH is 1. The average Bonchev–Trinajstić information content (AvgIpc) is 3.14. The highest BCUT2D eigenvalue weighted by Gasteiger charge is 2.51. The number of aromatic nitrogens is 3. The molecule has 1 atom stereocenters. The van der Waals surface area contributed by atoms with Crippen LogP contribution in [0.25, 0.3) is 0 Å². The molecule has 1 aliphatic carbocycles. The topological polar surface area (TPSA) is 50.9 Å². The molecule has 1 fully saturated rings. The molecule has 0 aliphatic heterocycles. The van der Waals surface area contributed by atoms with Crippen molar-refractivity contribution < 1.29 is 5.11 Å². The molecule has 0 bridgehead atoms. The summed E-state index contributed by atoms with van der Waals surface area (Å²) in [4.78, 5) is 0. The van der Waals surface area contributed by atoms with Crippen molar-refractivity contribution >= 4 is 0 Å². The molecule has 1 heterocycles. The van der Waals surface area contributed by atoms with Gasteiger partial charge in [0.25, 0.3) is 0 Å². The first-order valence-electron chi connectivity index (χ1n) is 6.90. The number of hydrogen-bond acceptors (Lipinski definition) is 3. The molecule has 1 unspecified atom stereocenters. The standard InChI is InChI=1S/C15H19N3O/c1-2-10-18-13(11-16-17-18)14(19)15(8-9-15)12-6-4-3-5-7-12/h3-7,11,14,19H,2,8-10H2,1H3. The third-order valence-corrected chi connectivity index (χ3v) is 4.02. The molecule has 1 aromatic carbocycles. The van der Waals surface area contributed by atoms with Crippen molar-refractivity contribution in [3.05, 3.63) is 47.8 Å². The van der Waals surface area contributed by atoms with Crippen LogP contribution in [0, 0.1) is 0 Å². The Balaban J connectivity index is 1.91. The van der Waals surface area contributed by atoms with Crippen LogP contribution in [0.2, 0.25) is 0 Å². The van der Waals surface area contributed by atoms with E-state index in [1.807, 2.05) is 22.9 Å². The number of benzene rings is 1. The van der Waals surface area contributed by atoms with E-state index in [1.54, 1.807) is 6.20 Å². The van der Waals surface area contributed by atoms with E-state index in [-0.39, 0.29) is 5.41 Å². The molecule has 19 heavy (non-hydrogen) atoms. The van der Waals surface area contributed by atoms with Gasteiger partial charge in [-0.05, 0) is 24.8 Å². The molecule has 0 spiro atoms. The van der Waals surface area contributed by atoms with Crippen molar-refractivity contribution in [2.45, 2.75) is 44.2 Å². The van der Waals surface area contributed by atoms with Gasteiger partial charge < -0.3 is 5.11 Å². The van der Waals surface area contributed by atoms with Crippen LogP contribution in [0.3, 0.4) is 0 Å². The molecule has 100 valence electrons. The summed E-state index contributed by atoms with van der Waals surface area (Å²) in [6.07, 6.45) is 4.21. The smallest absolute Gasteiger partial charge is 0.107 e. The lowest BCUT2D eigenvalue weighted by Gasteiger charge is -2.23. The van der Waals surface area contributed by atoms with Crippen molar-refractivity contribution in [1.29, 1.82) is 0 Å². The fraction of sp³-hybridized carbons (Fsp3) is 0.467. The van der Waals surface area contributed by atoms with Gasteiger partial charge in [-0.25, -0.2) is 4.68 Å². The third kappa shape index (κ3) is 2.06. The maximum Gasteiger partial charge on any atom is 0.107 e. The molecule has 2 aromatic rings. The molecule has 1 aliphatic rings. The van der Waals surface area contributed by atoms with Gasteiger partial charge in [0.05, 0.1) is 11.9 Å². The minimum Gasteiger partial charge on any atom is -0.386 e. The van der Waals surface area contributed by atoms with Gasteiger partial charge in [0, 0.05) is 12.0 Å². The van der Waals surface area contributed by atoms with Crippen LogP contribution in [0.4, 0.5) is 0 Å². The summed E-state index contributed by atoms with van der Waals surface area (Å²) in [5.74, 6) is 0. The Morgan fingerprint density at radius 2 is 2.05 bits per heavy atom. The normalized spacial score (nSPS) is 18.2. The van der Waals surface area contributed by atoms with Gasteiger partial charge in [0.1, 0.15) is 6.10 Å². The van der Waals surface area contributed by atoms with Gasteiger partial charge in [0.2, 0.25) is 0 Å².